The second-order valence-corrected chi connectivity index (χ2v) is 6.63. The van der Waals surface area contributed by atoms with E-state index in [4.69, 9.17) is 27.9 Å². The van der Waals surface area contributed by atoms with Crippen LogP contribution in [-0.2, 0) is 16.0 Å². The molecule has 4 nitrogen and oxygen atoms in total. The van der Waals surface area contributed by atoms with Gasteiger partial charge in [-0.2, -0.15) is 0 Å². The van der Waals surface area contributed by atoms with Crippen molar-refractivity contribution in [3.63, 3.8) is 0 Å². The molecule has 0 aromatic heterocycles. The number of rotatable bonds is 1. The summed E-state index contributed by atoms with van der Waals surface area (Å²) in [6.07, 6.45) is -0.184. The summed E-state index contributed by atoms with van der Waals surface area (Å²) >= 11 is 11.8. The second-order valence-electron chi connectivity index (χ2n) is 5.79. The molecule has 0 amide bonds. The molecule has 0 bridgehead atoms. The third-order valence-corrected chi connectivity index (χ3v) is 3.44. The standard InChI is InChI=1S/C14H14Cl2O4/c1-13(2,3)20-12(18)14(19)6-7-4-8(15)5-9(16)10(7)11(14)17/h4-5,19H,6H2,1-3H3/t14-/m0/s1. The molecule has 0 saturated carbocycles. The Morgan fingerprint density at radius 1 is 1.35 bits per heavy atom. The highest BCUT2D eigenvalue weighted by molar-refractivity contribution is 6.38. The van der Waals surface area contributed by atoms with Gasteiger partial charge in [0.25, 0.3) is 0 Å². The molecule has 1 aromatic carbocycles. The number of halogens is 2. The first kappa shape index (κ1) is 15.3. The molecule has 1 aliphatic rings. The lowest BCUT2D eigenvalue weighted by Crippen LogP contribution is -2.48. The van der Waals surface area contributed by atoms with Crippen molar-refractivity contribution in [2.45, 2.75) is 38.4 Å². The van der Waals surface area contributed by atoms with E-state index in [9.17, 15) is 14.7 Å². The minimum Gasteiger partial charge on any atom is -0.457 e. The molecule has 6 heteroatoms. The first-order valence-corrected chi connectivity index (χ1v) is 6.79. The van der Waals surface area contributed by atoms with Crippen molar-refractivity contribution < 1.29 is 19.4 Å². The number of carbonyl (C=O) groups is 2. The van der Waals surface area contributed by atoms with E-state index in [1.165, 1.54) is 12.1 Å². The topological polar surface area (TPSA) is 63.6 Å². The van der Waals surface area contributed by atoms with E-state index in [0.717, 1.165) is 0 Å². The molecule has 1 aromatic rings. The maximum Gasteiger partial charge on any atom is 0.347 e. The van der Waals surface area contributed by atoms with Crippen molar-refractivity contribution in [1.82, 2.24) is 0 Å². The lowest BCUT2D eigenvalue weighted by atomic mass is 9.99. The van der Waals surface area contributed by atoms with Crippen molar-refractivity contribution in [1.29, 1.82) is 0 Å². The van der Waals surface area contributed by atoms with Crippen molar-refractivity contribution >= 4 is 35.0 Å². The van der Waals surface area contributed by atoms with E-state index in [1.54, 1.807) is 20.8 Å². The summed E-state index contributed by atoms with van der Waals surface area (Å²) in [6, 6.07) is 2.92. The molecule has 2 rings (SSSR count). The van der Waals surface area contributed by atoms with Crippen LogP contribution in [0.2, 0.25) is 10.0 Å². The average molecular weight is 317 g/mol. The second kappa shape index (κ2) is 4.72. The average Bonchev–Trinajstić information content (AvgIpc) is 2.49. The largest absolute Gasteiger partial charge is 0.457 e. The Kier molecular flexibility index (Phi) is 3.61. The van der Waals surface area contributed by atoms with Gasteiger partial charge in [0.15, 0.2) is 0 Å². The van der Waals surface area contributed by atoms with Crippen molar-refractivity contribution in [2.24, 2.45) is 0 Å². The highest BCUT2D eigenvalue weighted by atomic mass is 35.5. The van der Waals surface area contributed by atoms with Crippen molar-refractivity contribution in [3.8, 4) is 0 Å². The summed E-state index contributed by atoms with van der Waals surface area (Å²) in [6.45, 7) is 4.97. The molecule has 0 fully saturated rings. The predicted octanol–water partition coefficient (Wildman–Crippen LogP) is 2.81. The summed E-state index contributed by atoms with van der Waals surface area (Å²) in [5.41, 5.74) is -2.46. The Morgan fingerprint density at radius 3 is 2.50 bits per heavy atom. The molecule has 0 spiro atoms. The summed E-state index contributed by atoms with van der Waals surface area (Å²) in [4.78, 5) is 24.4. The van der Waals surface area contributed by atoms with Gasteiger partial charge in [0.05, 0.1) is 5.02 Å². The zero-order chi connectivity index (χ0) is 15.3. The number of hydrogen-bond donors (Lipinski definition) is 1. The van der Waals surface area contributed by atoms with Crippen molar-refractivity contribution in [3.05, 3.63) is 33.3 Å². The van der Waals surface area contributed by atoms with Crippen LogP contribution in [-0.4, -0.2) is 28.1 Å². The number of ketones is 1. The molecule has 0 saturated heterocycles. The van der Waals surface area contributed by atoms with E-state index < -0.39 is 23.0 Å². The number of ether oxygens (including phenoxy) is 1. The monoisotopic (exact) mass is 316 g/mol. The maximum absolute atomic E-state index is 12.3. The summed E-state index contributed by atoms with van der Waals surface area (Å²) < 4.78 is 5.11. The third-order valence-electron chi connectivity index (χ3n) is 2.92. The van der Waals surface area contributed by atoms with Gasteiger partial charge in [-0.1, -0.05) is 23.2 Å². The van der Waals surface area contributed by atoms with Gasteiger partial charge in [-0.25, -0.2) is 4.79 Å². The normalized spacial score (nSPS) is 21.8. The van der Waals surface area contributed by atoms with Crippen LogP contribution in [0.4, 0.5) is 0 Å². The van der Waals surface area contributed by atoms with Gasteiger partial charge in [-0.05, 0) is 38.5 Å². The molecule has 108 valence electrons. The number of carbonyl (C=O) groups excluding carboxylic acids is 2. The molecule has 0 heterocycles. The minimum atomic E-state index is -2.23. The van der Waals surface area contributed by atoms with Crippen LogP contribution >= 0.6 is 23.2 Å². The predicted molar refractivity (Wildman–Crippen MR) is 75.3 cm³/mol. The summed E-state index contributed by atoms with van der Waals surface area (Å²) in [5, 5.41) is 10.9. The summed E-state index contributed by atoms with van der Waals surface area (Å²) in [7, 11) is 0. The highest BCUT2D eigenvalue weighted by Gasteiger charge is 2.53. The van der Waals surface area contributed by atoms with Crippen molar-refractivity contribution in [2.75, 3.05) is 0 Å². The molecule has 0 radical (unpaired) electrons. The van der Waals surface area contributed by atoms with Gasteiger partial charge < -0.3 is 9.84 Å². The van der Waals surface area contributed by atoms with E-state index >= 15 is 0 Å². The zero-order valence-corrected chi connectivity index (χ0v) is 12.8. The maximum atomic E-state index is 12.3. The van der Waals surface area contributed by atoms with Crippen LogP contribution in [0.3, 0.4) is 0 Å². The molecule has 0 unspecified atom stereocenters. The Morgan fingerprint density at radius 2 is 1.95 bits per heavy atom. The number of aliphatic hydroxyl groups is 1. The summed E-state index contributed by atoms with van der Waals surface area (Å²) in [5.74, 6) is -1.72. The molecule has 0 aliphatic heterocycles. The van der Waals surface area contributed by atoms with Gasteiger partial charge in [-0.3, -0.25) is 4.79 Å². The van der Waals surface area contributed by atoms with E-state index in [1.807, 2.05) is 0 Å². The van der Waals surface area contributed by atoms with Crippen LogP contribution in [0.25, 0.3) is 0 Å². The van der Waals surface area contributed by atoms with Crippen LogP contribution in [0, 0.1) is 0 Å². The number of esters is 1. The lowest BCUT2D eigenvalue weighted by molar-refractivity contribution is -0.171. The van der Waals surface area contributed by atoms with Crippen LogP contribution in [0.5, 0.6) is 0 Å². The minimum absolute atomic E-state index is 0.122. The van der Waals surface area contributed by atoms with Crippen LogP contribution in [0.1, 0.15) is 36.7 Å². The molecule has 1 aliphatic carbocycles. The quantitative estimate of drug-likeness (QED) is 0.639. The lowest BCUT2D eigenvalue weighted by Gasteiger charge is -2.26. The molecular weight excluding hydrogens is 303 g/mol. The number of Topliss-reactive ketones (excluding diaryl/α,β-unsaturated/α-hetero) is 1. The molecule has 1 atom stereocenters. The fourth-order valence-corrected chi connectivity index (χ4v) is 2.73. The Balaban J connectivity index is 2.41. The van der Waals surface area contributed by atoms with E-state index in [2.05, 4.69) is 0 Å². The van der Waals surface area contributed by atoms with E-state index in [0.29, 0.717) is 10.6 Å². The van der Waals surface area contributed by atoms with Gasteiger partial charge >= 0.3 is 5.97 Å². The van der Waals surface area contributed by atoms with Gasteiger partial charge in [0, 0.05) is 17.0 Å². The Hall–Kier alpha value is -1.10. The first-order chi connectivity index (χ1) is 9.04. The Bertz CT molecular complexity index is 604. The zero-order valence-electron chi connectivity index (χ0n) is 11.3. The smallest absolute Gasteiger partial charge is 0.347 e. The molecular formula is C14H14Cl2O4. The van der Waals surface area contributed by atoms with E-state index in [-0.39, 0.29) is 17.0 Å². The third kappa shape index (κ3) is 2.55. The highest BCUT2D eigenvalue weighted by Crippen LogP contribution is 2.38. The van der Waals surface area contributed by atoms with Gasteiger partial charge in [0.2, 0.25) is 11.4 Å². The number of benzene rings is 1. The SMILES string of the molecule is CC(C)(C)OC(=O)[C@]1(O)Cc2cc(Cl)cc(Cl)c2C1=O. The number of hydrogen-bond acceptors (Lipinski definition) is 4. The van der Waals surface area contributed by atoms with Gasteiger partial charge in [-0.15, -0.1) is 0 Å². The number of fused-ring (bicyclic) bond motifs is 1. The molecule has 20 heavy (non-hydrogen) atoms. The fourth-order valence-electron chi connectivity index (χ4n) is 2.11. The van der Waals surface area contributed by atoms with Gasteiger partial charge in [0.1, 0.15) is 5.60 Å². The van der Waals surface area contributed by atoms with Crippen LogP contribution in [0.15, 0.2) is 12.1 Å². The molecule has 1 N–H and O–H groups in total. The first-order valence-electron chi connectivity index (χ1n) is 6.03. The fraction of sp³-hybridized carbons (Fsp3) is 0.429. The van der Waals surface area contributed by atoms with Crippen LogP contribution < -0.4 is 0 Å². The Labute approximate surface area is 126 Å².